The van der Waals surface area contributed by atoms with Crippen molar-refractivity contribution in [2.45, 2.75) is 51.0 Å². The quantitative estimate of drug-likeness (QED) is 0.287. The predicted molar refractivity (Wildman–Crippen MR) is 135 cm³/mol. The van der Waals surface area contributed by atoms with Crippen LogP contribution in [0.15, 0.2) is 42.0 Å². The van der Waals surface area contributed by atoms with Gasteiger partial charge in [-0.3, -0.25) is 9.59 Å². The number of carbonyl (C=O) groups excluding carboxylic acids is 2. The van der Waals surface area contributed by atoms with Gasteiger partial charge in [0, 0.05) is 35.7 Å². The molecule has 3 heterocycles. The van der Waals surface area contributed by atoms with Gasteiger partial charge in [0.05, 0.1) is 11.7 Å². The zero-order chi connectivity index (χ0) is 24.6. The number of amides is 1. The fourth-order valence-corrected chi connectivity index (χ4v) is 5.01. The Morgan fingerprint density at radius 1 is 1.20 bits per heavy atom. The lowest BCUT2D eigenvalue weighted by Gasteiger charge is -2.29. The Morgan fingerprint density at radius 3 is 2.69 bits per heavy atom. The van der Waals surface area contributed by atoms with Crippen molar-refractivity contribution in [3.63, 3.8) is 0 Å². The lowest BCUT2D eigenvalue weighted by atomic mass is 9.95. The van der Waals surface area contributed by atoms with E-state index in [0.29, 0.717) is 22.9 Å². The maximum absolute atomic E-state index is 13.3. The number of nitrogens with zero attached hydrogens (tertiary/aromatic N) is 3. The number of halogens is 1. The number of rotatable bonds is 11. The summed E-state index contributed by atoms with van der Waals surface area (Å²) in [5, 5.41) is 5.61. The molecule has 1 fully saturated rings. The van der Waals surface area contributed by atoms with Crippen LogP contribution in [0, 0.1) is 11.7 Å². The number of aromatic nitrogens is 3. The molecule has 0 saturated carbocycles. The molecule has 35 heavy (non-hydrogen) atoms. The van der Waals surface area contributed by atoms with Crippen LogP contribution in [0.25, 0.3) is 11.3 Å². The Kier molecular flexibility index (Phi) is 8.76. The van der Waals surface area contributed by atoms with Crippen LogP contribution in [0.2, 0.25) is 0 Å². The van der Waals surface area contributed by atoms with Gasteiger partial charge < -0.3 is 15.2 Å². The molecule has 0 radical (unpaired) electrons. The van der Waals surface area contributed by atoms with Crippen LogP contribution < -0.4 is 5.32 Å². The van der Waals surface area contributed by atoms with Crippen LogP contribution in [-0.2, 0) is 4.79 Å². The summed E-state index contributed by atoms with van der Waals surface area (Å²) in [5.74, 6) is 0.575. The summed E-state index contributed by atoms with van der Waals surface area (Å²) in [6.07, 6.45) is 8.88. The van der Waals surface area contributed by atoms with E-state index in [1.165, 1.54) is 23.5 Å². The van der Waals surface area contributed by atoms with E-state index in [1.54, 1.807) is 24.5 Å². The van der Waals surface area contributed by atoms with Gasteiger partial charge in [0.2, 0.25) is 5.91 Å². The normalized spacial score (nSPS) is 15.7. The van der Waals surface area contributed by atoms with Gasteiger partial charge in [0.15, 0.2) is 10.8 Å². The molecule has 0 spiro atoms. The van der Waals surface area contributed by atoms with E-state index in [2.05, 4.69) is 27.2 Å². The number of likely N-dealkylation sites (tertiary alicyclic amines) is 1. The average molecular weight is 498 g/mol. The summed E-state index contributed by atoms with van der Waals surface area (Å²) < 4.78 is 13.3. The Morgan fingerprint density at radius 2 is 1.97 bits per heavy atom. The maximum Gasteiger partial charge on any atom is 0.223 e. The SMILES string of the molecule is CN1CCC(C(=O)N[C@@H](CCCCCC(=O)c2nccs2)c2nc(-c3ccc(F)cc3)c[nH]2)CC1. The summed E-state index contributed by atoms with van der Waals surface area (Å²) in [6.45, 7) is 1.84. The van der Waals surface area contributed by atoms with E-state index < -0.39 is 0 Å². The summed E-state index contributed by atoms with van der Waals surface area (Å²) in [6, 6.07) is 5.97. The summed E-state index contributed by atoms with van der Waals surface area (Å²) in [5.41, 5.74) is 1.53. The van der Waals surface area contributed by atoms with Crippen molar-refractivity contribution in [2.24, 2.45) is 5.92 Å². The van der Waals surface area contributed by atoms with Crippen molar-refractivity contribution in [1.82, 2.24) is 25.2 Å². The summed E-state index contributed by atoms with van der Waals surface area (Å²) >= 11 is 1.37. The third-order valence-corrected chi connectivity index (χ3v) is 7.36. The number of piperidine rings is 1. The molecule has 3 aromatic rings. The first-order valence-corrected chi connectivity index (χ1v) is 13.1. The van der Waals surface area contributed by atoms with Crippen LogP contribution in [0.1, 0.15) is 66.6 Å². The first-order valence-electron chi connectivity index (χ1n) is 12.2. The molecule has 1 aromatic carbocycles. The van der Waals surface area contributed by atoms with Crippen LogP contribution in [0.4, 0.5) is 4.39 Å². The van der Waals surface area contributed by atoms with E-state index in [4.69, 9.17) is 4.98 Å². The average Bonchev–Trinajstić information content (AvgIpc) is 3.57. The van der Waals surface area contributed by atoms with Gasteiger partial charge in [0.25, 0.3) is 0 Å². The van der Waals surface area contributed by atoms with Gasteiger partial charge in [-0.15, -0.1) is 11.3 Å². The molecule has 4 rings (SSSR count). The number of benzene rings is 1. The largest absolute Gasteiger partial charge is 0.346 e. The van der Waals surface area contributed by atoms with Crippen LogP contribution in [0.5, 0.6) is 0 Å². The number of hydrogen-bond acceptors (Lipinski definition) is 6. The molecule has 0 unspecified atom stereocenters. The second-order valence-corrected chi connectivity index (χ2v) is 10.1. The van der Waals surface area contributed by atoms with Crippen molar-refractivity contribution >= 4 is 23.0 Å². The van der Waals surface area contributed by atoms with E-state index in [1.807, 2.05) is 5.38 Å². The number of ketones is 1. The molecule has 1 aliphatic heterocycles. The number of hydrogen-bond donors (Lipinski definition) is 2. The highest BCUT2D eigenvalue weighted by Gasteiger charge is 2.26. The highest BCUT2D eigenvalue weighted by atomic mass is 32.1. The van der Waals surface area contributed by atoms with Crippen molar-refractivity contribution < 1.29 is 14.0 Å². The molecule has 7 nitrogen and oxygen atoms in total. The number of thiazole rings is 1. The Labute approximate surface area is 209 Å². The zero-order valence-corrected chi connectivity index (χ0v) is 20.8. The van der Waals surface area contributed by atoms with Crippen LogP contribution in [-0.4, -0.2) is 51.7 Å². The highest BCUT2D eigenvalue weighted by molar-refractivity contribution is 7.11. The second kappa shape index (κ2) is 12.2. The topological polar surface area (TPSA) is 91.0 Å². The molecular formula is C26H32FN5O2S. The Bertz CT molecular complexity index is 1090. The smallest absolute Gasteiger partial charge is 0.223 e. The molecule has 9 heteroatoms. The van der Waals surface area contributed by atoms with Crippen molar-refractivity contribution in [2.75, 3.05) is 20.1 Å². The monoisotopic (exact) mass is 497 g/mol. The Balaban J connectivity index is 1.37. The third kappa shape index (κ3) is 7.05. The first kappa shape index (κ1) is 25.2. The van der Waals surface area contributed by atoms with Gasteiger partial charge in [-0.2, -0.15) is 0 Å². The third-order valence-electron chi connectivity index (χ3n) is 6.54. The first-order chi connectivity index (χ1) is 17.0. The fraction of sp³-hybridized carbons (Fsp3) is 0.462. The molecule has 0 aliphatic carbocycles. The molecule has 1 atom stereocenters. The zero-order valence-electron chi connectivity index (χ0n) is 20.0. The number of Topliss-reactive ketones (excluding diaryl/α,β-unsaturated/α-hetero) is 1. The molecule has 0 bridgehead atoms. The lowest BCUT2D eigenvalue weighted by molar-refractivity contribution is -0.127. The summed E-state index contributed by atoms with van der Waals surface area (Å²) in [4.78, 5) is 39.5. The van der Waals surface area contributed by atoms with Crippen molar-refractivity contribution in [3.8, 4) is 11.3 Å². The van der Waals surface area contributed by atoms with Crippen LogP contribution in [0.3, 0.4) is 0 Å². The highest BCUT2D eigenvalue weighted by Crippen LogP contribution is 2.25. The van der Waals surface area contributed by atoms with Gasteiger partial charge in [-0.05, 0) is 70.1 Å². The van der Waals surface area contributed by atoms with E-state index >= 15 is 0 Å². The van der Waals surface area contributed by atoms with Gasteiger partial charge in [-0.25, -0.2) is 14.4 Å². The van der Waals surface area contributed by atoms with E-state index in [0.717, 1.165) is 57.2 Å². The second-order valence-electron chi connectivity index (χ2n) is 9.18. The van der Waals surface area contributed by atoms with E-state index in [-0.39, 0.29) is 29.5 Å². The van der Waals surface area contributed by atoms with Gasteiger partial charge in [-0.1, -0.05) is 12.8 Å². The number of nitrogens with one attached hydrogen (secondary N) is 2. The number of imidazole rings is 1. The molecule has 2 N–H and O–H groups in total. The number of aromatic amines is 1. The minimum Gasteiger partial charge on any atom is -0.346 e. The minimum atomic E-state index is -0.291. The molecule has 1 aliphatic rings. The lowest BCUT2D eigenvalue weighted by Crippen LogP contribution is -2.40. The predicted octanol–water partition coefficient (Wildman–Crippen LogP) is 5.00. The number of unbranched alkanes of at least 4 members (excludes halogenated alkanes) is 2. The van der Waals surface area contributed by atoms with Crippen molar-refractivity contribution in [3.05, 3.63) is 58.7 Å². The van der Waals surface area contributed by atoms with Crippen LogP contribution >= 0.6 is 11.3 Å². The molecule has 1 amide bonds. The van der Waals surface area contributed by atoms with E-state index in [9.17, 15) is 14.0 Å². The van der Waals surface area contributed by atoms with Crippen molar-refractivity contribution in [1.29, 1.82) is 0 Å². The molecular weight excluding hydrogens is 465 g/mol. The van der Waals surface area contributed by atoms with Gasteiger partial charge >= 0.3 is 0 Å². The van der Waals surface area contributed by atoms with Gasteiger partial charge in [0.1, 0.15) is 11.6 Å². The standard InChI is InChI=1S/C26H32FN5O2S/c1-32-14-11-19(12-15-32)25(34)31-21(5-3-2-4-6-23(33)26-28-13-16-35-26)24-29-17-22(30-24)18-7-9-20(27)10-8-18/h7-10,13,16-17,19,21H,2-6,11-12,14-15H2,1H3,(H,29,30)(H,31,34)/t21-/m0/s1. The number of H-pyrrole nitrogens is 1. The molecule has 2 aromatic heterocycles. The maximum atomic E-state index is 13.3. The molecule has 1 saturated heterocycles. The Hall–Kier alpha value is -2.91. The minimum absolute atomic E-state index is 0.0103. The summed E-state index contributed by atoms with van der Waals surface area (Å²) in [7, 11) is 2.08. The number of carbonyl (C=O) groups is 2. The molecule has 186 valence electrons. The fourth-order valence-electron chi connectivity index (χ4n) is 4.40.